The Morgan fingerprint density at radius 3 is 2.39 bits per heavy atom. The molecule has 8 heteroatoms. The van der Waals surface area contributed by atoms with Crippen molar-refractivity contribution in [1.29, 1.82) is 0 Å². The summed E-state index contributed by atoms with van der Waals surface area (Å²) in [5.74, 6) is -1.19. The van der Waals surface area contributed by atoms with Gasteiger partial charge in [-0.2, -0.15) is 6.41 Å². The molecule has 0 aliphatic heterocycles. The Hall–Kier alpha value is -3.44. The van der Waals surface area contributed by atoms with Gasteiger partial charge in [0.1, 0.15) is 6.04 Å². The number of carbonyl (C=O) groups is 1. The number of benzene rings is 1. The molecule has 18 heavy (non-hydrogen) atoms. The zero-order chi connectivity index (χ0) is 12.8. The molecule has 2 N–H and O–H groups in total. The van der Waals surface area contributed by atoms with Crippen molar-refractivity contribution in [1.82, 2.24) is 5.32 Å². The normalized spacial score (nSPS) is 10.9. The van der Waals surface area contributed by atoms with E-state index in [4.69, 9.17) is 5.11 Å². The van der Waals surface area contributed by atoms with Crippen LogP contribution in [0.3, 0.4) is 0 Å². The molecule has 7 nitrogen and oxygen atoms in total. The second-order valence-corrected chi connectivity index (χ2v) is 3.26. The third-order valence-electron chi connectivity index (χ3n) is 2.12. The topological polar surface area (TPSA) is 110 Å². The van der Waals surface area contributed by atoms with Crippen molar-refractivity contribution in [2.24, 2.45) is 0 Å². The molecule has 0 aromatic heterocycles. The van der Waals surface area contributed by atoms with Crippen molar-refractivity contribution < 1.29 is 19.6 Å². The van der Waals surface area contributed by atoms with E-state index in [0.29, 0.717) is 5.56 Å². The summed E-state index contributed by atoms with van der Waals surface area (Å²) >= 11 is 0. The predicted octanol–water partition coefficient (Wildman–Crippen LogP) is 0.247. The number of rotatable bonds is 6. The number of aliphatic carboxylic acids is 1. The van der Waals surface area contributed by atoms with Crippen LogP contribution in [0, 0.1) is 10.1 Å². The van der Waals surface area contributed by atoms with Gasteiger partial charge in [-0.3, -0.25) is 14.9 Å². The monoisotopic (exact) mass is 494 g/mol. The number of hydrogen-bond acceptors (Lipinski definition) is 4. The molecule has 0 saturated heterocycles. The summed E-state index contributed by atoms with van der Waals surface area (Å²) in [5, 5.41) is 21.2. The second-order valence-electron chi connectivity index (χ2n) is 3.26. The Bertz CT molecular complexity index is 434. The molecule has 0 radical (unpaired) electrons. The van der Waals surface area contributed by atoms with Gasteiger partial charge in [0, 0.05) is 18.6 Å². The van der Waals surface area contributed by atoms with Crippen LogP contribution in [-0.2, 0) is 16.0 Å². The first-order valence-corrected chi connectivity index (χ1v) is 4.63. The molecule has 1 atom stereocenters. The van der Waals surface area contributed by atoms with Crippen molar-refractivity contribution in [3.63, 3.8) is 0 Å². The molecular weight excluding hydrogens is 485 g/mol. The van der Waals surface area contributed by atoms with Crippen molar-refractivity contribution >= 4 is 18.1 Å². The van der Waals surface area contributed by atoms with Crippen LogP contribution in [-0.4, -0.2) is 28.5 Å². The molecule has 0 aliphatic carbocycles. The fraction of sp³-hybridized carbons (Fsp3) is 0.200. The number of carboxylic acid groups (broad SMARTS) is 1. The van der Waals surface area contributed by atoms with Crippen LogP contribution in [0.4, 0.5) is 5.69 Å². The van der Waals surface area contributed by atoms with Crippen molar-refractivity contribution in [2.45, 2.75) is 12.5 Å². The summed E-state index contributed by atoms with van der Waals surface area (Å²) in [4.78, 5) is 30.6. The fourth-order valence-electron chi connectivity index (χ4n) is 1.26. The Kier molecular flexibility index (Phi) is 5.02. The maximum atomic E-state index is 10.7. The Morgan fingerprint density at radius 2 is 2.00 bits per heavy atom. The number of hydrogen-bond donors (Lipinski definition) is 2. The molecule has 0 heterocycles. The molecule has 1 rings (SSSR count). The van der Waals surface area contributed by atoms with E-state index in [1.807, 2.05) is 5.32 Å². The number of carboxylic acids is 1. The summed E-state index contributed by atoms with van der Waals surface area (Å²) in [6.07, 6.45) is 1.35. The van der Waals surface area contributed by atoms with Gasteiger partial charge in [0.15, 0.2) is 0 Å². The van der Waals surface area contributed by atoms with Gasteiger partial charge in [-0.25, -0.2) is 0 Å². The van der Waals surface area contributed by atoms with Gasteiger partial charge in [0.2, 0.25) is 0 Å². The third kappa shape index (κ3) is 3.61. The summed E-state index contributed by atoms with van der Waals surface area (Å²) in [5.41, 5.74) is 0.501. The van der Waals surface area contributed by atoms with Crippen LogP contribution < -0.4 is 5.32 Å². The van der Waals surface area contributed by atoms with Crippen molar-refractivity contribution in [2.75, 3.05) is 0 Å². The SMILES string of the molecule is O=[C-]NC(Cc1ccc([N+](=O)[O-])cc1)C(=O)O.[Fm]. The first-order chi connectivity index (χ1) is 8.04. The van der Waals surface area contributed by atoms with E-state index >= 15 is 0 Å². The zero-order valence-electron chi connectivity index (χ0n) is 8.91. The van der Waals surface area contributed by atoms with Gasteiger partial charge in [-0.15, -0.1) is 0 Å². The Morgan fingerprint density at radius 1 is 1.44 bits per heavy atom. The first-order valence-electron chi connectivity index (χ1n) is 4.63. The van der Waals surface area contributed by atoms with Crippen LogP contribution in [0.1, 0.15) is 5.56 Å². The maximum absolute atomic E-state index is 10.7. The van der Waals surface area contributed by atoms with Crippen molar-refractivity contribution in [3.05, 3.63) is 39.9 Å². The third-order valence-corrected chi connectivity index (χ3v) is 2.12. The maximum Gasteiger partial charge on any atom is 0.323 e. The molecular formula is C10H9FmN2O5-. The number of non-ortho nitro benzene ring substituents is 1. The molecule has 0 bridgehead atoms. The van der Waals surface area contributed by atoms with Crippen molar-refractivity contribution in [3.8, 4) is 0 Å². The summed E-state index contributed by atoms with van der Waals surface area (Å²) < 4.78 is 0. The predicted molar refractivity (Wildman–Crippen MR) is 57.1 cm³/mol. The number of nitrogens with one attached hydrogen (secondary N) is 1. The largest absolute Gasteiger partial charge is 0.520 e. The van der Waals surface area contributed by atoms with E-state index in [1.54, 1.807) is 0 Å². The van der Waals surface area contributed by atoms with Gasteiger partial charge in [-0.05, 0) is 5.56 Å². The molecule has 0 fully saturated rings. The minimum atomic E-state index is -1.19. The molecule has 0 saturated carbocycles. The van der Waals surface area contributed by atoms with Crippen LogP contribution in [0.25, 0.3) is 0 Å². The Labute approximate surface area is 96.2 Å². The molecule has 1 aromatic rings. The van der Waals surface area contributed by atoms with E-state index < -0.39 is 16.9 Å². The number of carbonyl (C=O) groups excluding carboxylic acids is 1. The fourth-order valence-corrected chi connectivity index (χ4v) is 1.26. The molecule has 1 aromatic carbocycles. The minimum Gasteiger partial charge on any atom is -0.520 e. The number of nitro groups is 1. The Balaban J connectivity index is 0.00000289. The number of nitrogens with zero attached hydrogens (tertiary/aromatic N) is 1. The second kappa shape index (κ2) is 6.21. The van der Waals surface area contributed by atoms with Crippen LogP contribution in [0.15, 0.2) is 24.3 Å². The molecule has 102 valence electrons. The van der Waals surface area contributed by atoms with E-state index in [0.717, 1.165) is 0 Å². The molecule has 0 aliphatic rings. The van der Waals surface area contributed by atoms with E-state index in [2.05, 4.69) is 0 Å². The standard InChI is InChI=1S/C10H9N2O5.Fm/c13-6-11-9(10(14)15)5-7-1-3-8(4-2-7)12(16)17;/h1-4,9H,5H2,(H,11,13)(H,14,15);/q-1;. The van der Waals surface area contributed by atoms with Crippen LogP contribution in [0.5, 0.6) is 0 Å². The van der Waals surface area contributed by atoms with Crippen LogP contribution in [0.2, 0.25) is 0 Å². The first kappa shape index (κ1) is 14.6. The van der Waals surface area contributed by atoms with Gasteiger partial charge < -0.3 is 15.2 Å². The smallest absolute Gasteiger partial charge is 0.323 e. The van der Waals surface area contributed by atoms with Crippen LogP contribution >= 0.6 is 0 Å². The van der Waals surface area contributed by atoms with Gasteiger partial charge in [0.05, 0.1) is 4.92 Å². The zero-order valence-corrected chi connectivity index (χ0v) is 11.3. The number of amides is 1. The van der Waals surface area contributed by atoms with Gasteiger partial charge >= 0.3 is 5.97 Å². The van der Waals surface area contributed by atoms with E-state index in [-0.39, 0.29) is 12.1 Å². The average Bonchev–Trinajstić information content (AvgIpc) is 2.29. The van der Waals surface area contributed by atoms with E-state index in [9.17, 15) is 19.7 Å². The summed E-state index contributed by atoms with van der Waals surface area (Å²) in [6, 6.07) is 4.35. The minimum absolute atomic E-state index is 0. The molecule has 0 spiro atoms. The summed E-state index contributed by atoms with van der Waals surface area (Å²) in [6.45, 7) is 0. The van der Waals surface area contributed by atoms with Gasteiger partial charge in [-0.1, -0.05) is 12.1 Å². The average molecular weight is 494 g/mol. The quantitative estimate of drug-likeness (QED) is 0.255. The van der Waals surface area contributed by atoms with E-state index in [1.165, 1.54) is 30.7 Å². The summed E-state index contributed by atoms with van der Waals surface area (Å²) in [7, 11) is 0. The number of nitro benzene ring substituents is 1. The molecule has 1 unspecified atom stereocenters. The molecule has 1 amide bonds. The van der Waals surface area contributed by atoms with Gasteiger partial charge in [0.25, 0.3) is 5.69 Å².